The minimum atomic E-state index is 0.0112. The van der Waals surface area contributed by atoms with Crippen LogP contribution in [0.25, 0.3) is 10.9 Å². The van der Waals surface area contributed by atoms with Crippen molar-refractivity contribution in [3.8, 4) is 5.75 Å². The molecule has 0 N–H and O–H groups in total. The molecule has 1 amide bonds. The Balaban J connectivity index is 1.79. The van der Waals surface area contributed by atoms with Crippen molar-refractivity contribution in [1.29, 1.82) is 0 Å². The van der Waals surface area contributed by atoms with Gasteiger partial charge in [-0.15, -0.1) is 0 Å². The molecule has 4 heteroatoms. The highest BCUT2D eigenvalue weighted by Crippen LogP contribution is 2.34. The van der Waals surface area contributed by atoms with Crippen molar-refractivity contribution in [3.05, 3.63) is 65.9 Å². The third-order valence-corrected chi connectivity index (χ3v) is 4.04. The van der Waals surface area contributed by atoms with Crippen molar-refractivity contribution in [2.24, 2.45) is 0 Å². The summed E-state index contributed by atoms with van der Waals surface area (Å²) in [6, 6.07) is 15.4. The first-order valence-corrected chi connectivity index (χ1v) is 7.10. The van der Waals surface area contributed by atoms with Crippen molar-refractivity contribution in [2.45, 2.75) is 6.54 Å². The van der Waals surface area contributed by atoms with Gasteiger partial charge in [0.2, 0.25) is 0 Å². The van der Waals surface area contributed by atoms with E-state index in [9.17, 15) is 4.79 Å². The zero-order chi connectivity index (χ0) is 15.1. The monoisotopic (exact) mass is 290 g/mol. The number of rotatable bonds is 2. The fourth-order valence-corrected chi connectivity index (χ4v) is 2.94. The largest absolute Gasteiger partial charge is 0.496 e. The molecule has 1 aliphatic heterocycles. The van der Waals surface area contributed by atoms with Gasteiger partial charge in [-0.3, -0.25) is 9.78 Å². The molecule has 4 rings (SSSR count). The van der Waals surface area contributed by atoms with Crippen LogP contribution < -0.4 is 9.64 Å². The van der Waals surface area contributed by atoms with E-state index in [-0.39, 0.29) is 5.91 Å². The van der Waals surface area contributed by atoms with E-state index in [2.05, 4.69) is 4.98 Å². The van der Waals surface area contributed by atoms with Crippen LogP contribution in [0.1, 0.15) is 15.9 Å². The number of carbonyl (C=O) groups is 1. The minimum Gasteiger partial charge on any atom is -0.496 e. The molecular formula is C18H14N2O2. The van der Waals surface area contributed by atoms with Crippen LogP contribution in [0.2, 0.25) is 0 Å². The lowest BCUT2D eigenvalue weighted by atomic mass is 10.1. The van der Waals surface area contributed by atoms with E-state index in [1.165, 1.54) is 0 Å². The van der Waals surface area contributed by atoms with Crippen molar-refractivity contribution in [1.82, 2.24) is 4.98 Å². The standard InChI is InChI=1S/C18H14N2O2/c1-22-17-6-2-5-14-15(17)11-20(18(14)21)13-7-8-16-12(10-13)4-3-9-19-16/h2-10H,11H2,1H3. The van der Waals surface area contributed by atoms with Gasteiger partial charge in [0.15, 0.2) is 0 Å². The number of benzene rings is 2. The average molecular weight is 290 g/mol. The summed E-state index contributed by atoms with van der Waals surface area (Å²) >= 11 is 0. The highest BCUT2D eigenvalue weighted by Gasteiger charge is 2.30. The molecule has 0 atom stereocenters. The normalized spacial score (nSPS) is 13.5. The minimum absolute atomic E-state index is 0.0112. The number of amides is 1. The van der Waals surface area contributed by atoms with Gasteiger partial charge < -0.3 is 9.64 Å². The van der Waals surface area contributed by atoms with Crippen LogP contribution in [0.15, 0.2) is 54.7 Å². The number of anilines is 1. The lowest BCUT2D eigenvalue weighted by Crippen LogP contribution is -2.22. The van der Waals surface area contributed by atoms with Crippen LogP contribution in [0.5, 0.6) is 5.75 Å². The number of methoxy groups -OCH3 is 1. The van der Waals surface area contributed by atoms with Gasteiger partial charge in [0.05, 0.1) is 19.2 Å². The number of aromatic nitrogens is 1. The van der Waals surface area contributed by atoms with Crippen molar-refractivity contribution >= 4 is 22.5 Å². The molecule has 2 aromatic carbocycles. The zero-order valence-corrected chi connectivity index (χ0v) is 12.1. The lowest BCUT2D eigenvalue weighted by molar-refractivity contribution is 0.0996. The molecule has 0 spiro atoms. The molecule has 0 aliphatic carbocycles. The zero-order valence-electron chi connectivity index (χ0n) is 12.1. The Labute approximate surface area is 128 Å². The second kappa shape index (κ2) is 4.84. The number of ether oxygens (including phenoxy) is 1. The molecule has 1 aliphatic rings. The summed E-state index contributed by atoms with van der Waals surface area (Å²) in [6.45, 7) is 0.532. The molecule has 4 nitrogen and oxygen atoms in total. The molecule has 0 fully saturated rings. The van der Waals surface area contributed by atoms with Crippen LogP contribution in [0, 0.1) is 0 Å². The van der Waals surface area contributed by atoms with Crippen LogP contribution in [0.3, 0.4) is 0 Å². The summed E-state index contributed by atoms with van der Waals surface area (Å²) in [6.07, 6.45) is 1.77. The molecule has 0 saturated heterocycles. The summed E-state index contributed by atoms with van der Waals surface area (Å²) in [5.74, 6) is 0.771. The van der Waals surface area contributed by atoms with Gasteiger partial charge >= 0.3 is 0 Å². The first-order chi connectivity index (χ1) is 10.8. The van der Waals surface area contributed by atoms with Crippen molar-refractivity contribution in [2.75, 3.05) is 12.0 Å². The first kappa shape index (κ1) is 12.8. The Morgan fingerprint density at radius 3 is 2.91 bits per heavy atom. The lowest BCUT2D eigenvalue weighted by Gasteiger charge is -2.16. The van der Waals surface area contributed by atoms with Crippen LogP contribution in [0.4, 0.5) is 5.69 Å². The third kappa shape index (κ3) is 1.84. The number of fused-ring (bicyclic) bond motifs is 2. The molecule has 0 bridgehead atoms. The number of hydrogen-bond donors (Lipinski definition) is 0. The smallest absolute Gasteiger partial charge is 0.259 e. The number of nitrogens with zero attached hydrogens (tertiary/aromatic N) is 2. The second-order valence-corrected chi connectivity index (χ2v) is 5.26. The number of carbonyl (C=O) groups excluding carboxylic acids is 1. The van der Waals surface area contributed by atoms with Gasteiger partial charge in [0.1, 0.15) is 5.75 Å². The maximum atomic E-state index is 12.7. The second-order valence-electron chi connectivity index (χ2n) is 5.26. The van der Waals surface area contributed by atoms with E-state index in [1.54, 1.807) is 18.2 Å². The molecule has 0 saturated carbocycles. The quantitative estimate of drug-likeness (QED) is 0.726. The van der Waals surface area contributed by atoms with Crippen LogP contribution in [-0.2, 0) is 6.54 Å². The Hall–Kier alpha value is -2.88. The topological polar surface area (TPSA) is 42.4 Å². The van der Waals surface area contributed by atoms with Crippen molar-refractivity contribution < 1.29 is 9.53 Å². The van der Waals surface area contributed by atoms with Crippen LogP contribution in [-0.4, -0.2) is 18.0 Å². The summed E-state index contributed by atoms with van der Waals surface area (Å²) in [5, 5.41) is 1.02. The predicted molar refractivity (Wildman–Crippen MR) is 85.3 cm³/mol. The highest BCUT2D eigenvalue weighted by molar-refractivity contribution is 6.11. The maximum Gasteiger partial charge on any atom is 0.259 e. The fraction of sp³-hybridized carbons (Fsp3) is 0.111. The maximum absolute atomic E-state index is 12.7. The van der Waals surface area contributed by atoms with E-state index in [0.29, 0.717) is 12.1 Å². The average Bonchev–Trinajstić information content (AvgIpc) is 2.91. The summed E-state index contributed by atoms with van der Waals surface area (Å²) in [7, 11) is 1.63. The predicted octanol–water partition coefficient (Wildman–Crippen LogP) is 3.40. The molecule has 0 unspecified atom stereocenters. The van der Waals surface area contributed by atoms with Gasteiger partial charge in [-0.05, 0) is 36.4 Å². The van der Waals surface area contributed by atoms with Gasteiger partial charge in [-0.25, -0.2) is 0 Å². The fourth-order valence-electron chi connectivity index (χ4n) is 2.94. The number of pyridine rings is 1. The molecule has 1 aromatic heterocycles. The third-order valence-electron chi connectivity index (χ3n) is 4.04. The van der Waals surface area contributed by atoms with Crippen LogP contribution >= 0.6 is 0 Å². The van der Waals surface area contributed by atoms with E-state index < -0.39 is 0 Å². The Bertz CT molecular complexity index is 889. The highest BCUT2D eigenvalue weighted by atomic mass is 16.5. The first-order valence-electron chi connectivity index (χ1n) is 7.10. The van der Waals surface area contributed by atoms with E-state index in [1.807, 2.05) is 48.5 Å². The van der Waals surface area contributed by atoms with Gasteiger partial charge in [-0.2, -0.15) is 0 Å². The van der Waals surface area contributed by atoms with E-state index >= 15 is 0 Å². The molecule has 108 valence electrons. The molecular weight excluding hydrogens is 276 g/mol. The summed E-state index contributed by atoms with van der Waals surface area (Å²) in [4.78, 5) is 18.7. The van der Waals surface area contributed by atoms with E-state index in [0.717, 1.165) is 27.9 Å². The number of hydrogen-bond acceptors (Lipinski definition) is 3. The Morgan fingerprint density at radius 2 is 2.05 bits per heavy atom. The van der Waals surface area contributed by atoms with Crippen molar-refractivity contribution in [3.63, 3.8) is 0 Å². The molecule has 3 aromatic rings. The molecule has 22 heavy (non-hydrogen) atoms. The van der Waals surface area contributed by atoms with Gasteiger partial charge in [0.25, 0.3) is 5.91 Å². The Morgan fingerprint density at radius 1 is 1.14 bits per heavy atom. The van der Waals surface area contributed by atoms with Gasteiger partial charge in [-0.1, -0.05) is 12.1 Å². The SMILES string of the molecule is COc1cccc2c1CN(c1ccc3ncccc3c1)C2=O. The Kier molecular flexibility index (Phi) is 2.82. The van der Waals surface area contributed by atoms with E-state index in [4.69, 9.17) is 4.74 Å². The van der Waals surface area contributed by atoms with Gasteiger partial charge in [0, 0.05) is 28.4 Å². The molecule has 2 heterocycles. The summed E-state index contributed by atoms with van der Waals surface area (Å²) in [5.41, 5.74) is 3.46. The summed E-state index contributed by atoms with van der Waals surface area (Å²) < 4.78 is 5.37. The molecule has 0 radical (unpaired) electrons.